The summed E-state index contributed by atoms with van der Waals surface area (Å²) in [5.41, 5.74) is 1.02. The fourth-order valence-corrected chi connectivity index (χ4v) is 2.24. The molecule has 1 aliphatic carbocycles. The van der Waals surface area contributed by atoms with Crippen LogP contribution in [0.5, 0.6) is 0 Å². The highest BCUT2D eigenvalue weighted by Crippen LogP contribution is 2.22. The van der Waals surface area contributed by atoms with Crippen molar-refractivity contribution < 1.29 is 8.42 Å². The molecule has 0 aliphatic heterocycles. The molecule has 0 bridgehead atoms. The van der Waals surface area contributed by atoms with Gasteiger partial charge in [-0.25, -0.2) is 0 Å². The van der Waals surface area contributed by atoms with Crippen LogP contribution in [0.25, 0.3) is 0 Å². The summed E-state index contributed by atoms with van der Waals surface area (Å²) in [6, 6.07) is 6.63. The first-order chi connectivity index (χ1) is 8.08. The summed E-state index contributed by atoms with van der Waals surface area (Å²) in [6.45, 7) is 1.91. The van der Waals surface area contributed by atoms with Crippen molar-refractivity contribution in [2.45, 2.75) is 11.8 Å². The Morgan fingerprint density at radius 1 is 1.06 bits per heavy atom. The highest BCUT2D eigenvalue weighted by Gasteiger charge is 2.17. The Morgan fingerprint density at radius 2 is 1.65 bits per heavy atom. The fourth-order valence-electron chi connectivity index (χ4n) is 1.38. The Kier molecular flexibility index (Phi) is 3.62. The van der Waals surface area contributed by atoms with E-state index in [1.165, 1.54) is 6.21 Å². The van der Waals surface area contributed by atoms with Crippen molar-refractivity contribution in [1.82, 2.24) is 0 Å². The van der Waals surface area contributed by atoms with Crippen molar-refractivity contribution in [2.24, 2.45) is 4.40 Å². The zero-order valence-corrected chi connectivity index (χ0v) is 10.2. The minimum absolute atomic E-state index is 0.214. The van der Waals surface area contributed by atoms with Crippen molar-refractivity contribution >= 4 is 16.2 Å². The molecule has 1 aromatic rings. The van der Waals surface area contributed by atoms with E-state index in [0.29, 0.717) is 0 Å². The summed E-state index contributed by atoms with van der Waals surface area (Å²) >= 11 is 0. The Labute approximate surface area is 103 Å². The molecule has 5 radical (unpaired) electrons. The lowest BCUT2D eigenvalue weighted by molar-refractivity contribution is 0.598. The second kappa shape index (κ2) is 5.00. The molecule has 4 heteroatoms. The number of rotatable bonds is 3. The topological polar surface area (TPSA) is 46.5 Å². The van der Waals surface area contributed by atoms with Crippen molar-refractivity contribution in [3.05, 3.63) is 61.4 Å². The zero-order valence-electron chi connectivity index (χ0n) is 9.37. The maximum Gasteiger partial charge on any atom is 0.281 e. The lowest BCUT2D eigenvalue weighted by Crippen LogP contribution is -2.00. The molecule has 0 atom stereocenters. The maximum absolute atomic E-state index is 11.8. The lowest BCUT2D eigenvalue weighted by Gasteiger charge is -2.01. The van der Waals surface area contributed by atoms with Crippen LogP contribution in [0.15, 0.2) is 33.6 Å². The average Bonchev–Trinajstić information content (AvgIpc) is 2.80. The molecule has 0 unspecified atom stereocenters. The molecule has 1 aromatic carbocycles. The van der Waals surface area contributed by atoms with Gasteiger partial charge in [-0.15, -0.1) is 0 Å². The van der Waals surface area contributed by atoms with Gasteiger partial charge in [0.2, 0.25) is 0 Å². The first kappa shape index (κ1) is 12.3. The van der Waals surface area contributed by atoms with E-state index in [4.69, 9.17) is 0 Å². The summed E-state index contributed by atoms with van der Waals surface area (Å²) < 4.78 is 27.3. The smallest absolute Gasteiger partial charge is 0.199 e. The predicted octanol–water partition coefficient (Wildman–Crippen LogP) is 2.16. The standard InChI is InChI=1S/C13H12NO2S/c1-11-6-8-13(9-7-11)17(15,16)14-10-12-4-2-3-5-12/h2-10H,1H3/b14-10+. The molecule has 1 aliphatic rings. The van der Waals surface area contributed by atoms with Gasteiger partial charge in [-0.1, -0.05) is 17.7 Å². The van der Waals surface area contributed by atoms with Crippen molar-refractivity contribution in [3.8, 4) is 0 Å². The van der Waals surface area contributed by atoms with Gasteiger partial charge >= 0.3 is 0 Å². The molecular formula is C13H12NO2S. The van der Waals surface area contributed by atoms with Crippen LogP contribution >= 0.6 is 0 Å². The number of hydrogen-bond donors (Lipinski definition) is 0. The third-order valence-corrected chi connectivity index (χ3v) is 3.60. The van der Waals surface area contributed by atoms with Crippen LogP contribution < -0.4 is 0 Å². The van der Waals surface area contributed by atoms with Crippen LogP contribution in [0.1, 0.15) is 5.56 Å². The largest absolute Gasteiger partial charge is 0.281 e. The number of hydrogen-bond acceptors (Lipinski definition) is 2. The van der Waals surface area contributed by atoms with Gasteiger partial charge in [0.25, 0.3) is 10.0 Å². The third kappa shape index (κ3) is 3.16. The monoisotopic (exact) mass is 246 g/mol. The Morgan fingerprint density at radius 3 is 2.24 bits per heavy atom. The summed E-state index contributed by atoms with van der Waals surface area (Å²) in [7, 11) is -3.58. The maximum atomic E-state index is 11.8. The molecule has 0 saturated heterocycles. The van der Waals surface area contributed by atoms with Gasteiger partial charge in [0.05, 0.1) is 4.90 Å². The molecular weight excluding hydrogens is 234 g/mol. The molecule has 1 fully saturated rings. The van der Waals surface area contributed by atoms with E-state index in [0.717, 1.165) is 11.5 Å². The average molecular weight is 246 g/mol. The van der Waals surface area contributed by atoms with Gasteiger partial charge in [-0.2, -0.15) is 12.8 Å². The van der Waals surface area contributed by atoms with Crippen LogP contribution in [0.4, 0.5) is 0 Å². The molecule has 3 nitrogen and oxygen atoms in total. The number of sulfonamides is 1. The van der Waals surface area contributed by atoms with Crippen molar-refractivity contribution in [3.63, 3.8) is 0 Å². The van der Waals surface area contributed by atoms with E-state index >= 15 is 0 Å². The summed E-state index contributed by atoms with van der Waals surface area (Å²) in [6.07, 6.45) is 8.62. The van der Waals surface area contributed by atoms with E-state index in [1.54, 1.807) is 37.1 Å². The Bertz CT molecular complexity index is 497. The fraction of sp³-hybridized carbons (Fsp3) is 0.0769. The van der Waals surface area contributed by atoms with E-state index in [1.807, 2.05) is 19.8 Å². The first-order valence-corrected chi connectivity index (χ1v) is 6.61. The van der Waals surface area contributed by atoms with Crippen LogP contribution in [-0.2, 0) is 10.0 Å². The van der Waals surface area contributed by atoms with Crippen molar-refractivity contribution in [1.29, 1.82) is 0 Å². The quantitative estimate of drug-likeness (QED) is 0.767. The molecule has 2 rings (SSSR count). The van der Waals surface area contributed by atoms with Crippen LogP contribution in [0.2, 0.25) is 0 Å². The van der Waals surface area contributed by atoms with Crippen LogP contribution in [0, 0.1) is 38.5 Å². The summed E-state index contributed by atoms with van der Waals surface area (Å²) in [4.78, 5) is 0.214. The van der Waals surface area contributed by atoms with Gasteiger partial charge in [0.15, 0.2) is 0 Å². The molecule has 0 heterocycles. The van der Waals surface area contributed by atoms with E-state index < -0.39 is 10.0 Å². The van der Waals surface area contributed by atoms with E-state index in [9.17, 15) is 8.42 Å². The minimum atomic E-state index is -3.58. The molecule has 1 saturated carbocycles. The molecule has 17 heavy (non-hydrogen) atoms. The summed E-state index contributed by atoms with van der Waals surface area (Å²) in [5.74, 6) is 0.778. The number of benzene rings is 1. The van der Waals surface area contributed by atoms with Gasteiger partial charge in [-0.05, 0) is 44.7 Å². The first-order valence-electron chi connectivity index (χ1n) is 5.17. The Balaban J connectivity index is 2.15. The number of nitrogens with zero attached hydrogens (tertiary/aromatic N) is 1. The van der Waals surface area contributed by atoms with Crippen LogP contribution in [0.3, 0.4) is 0 Å². The number of aryl methyl sites for hydroxylation is 1. The molecule has 0 aromatic heterocycles. The highest BCUT2D eigenvalue weighted by atomic mass is 32.2. The van der Waals surface area contributed by atoms with Crippen molar-refractivity contribution in [2.75, 3.05) is 0 Å². The normalized spacial score (nSPS) is 17.9. The predicted molar refractivity (Wildman–Crippen MR) is 67.3 cm³/mol. The van der Waals surface area contributed by atoms with Gasteiger partial charge in [0.1, 0.15) is 0 Å². The lowest BCUT2D eigenvalue weighted by atomic mass is 10.1. The van der Waals surface area contributed by atoms with E-state index in [2.05, 4.69) is 4.40 Å². The third-order valence-electron chi connectivity index (χ3n) is 2.35. The second-order valence-electron chi connectivity index (χ2n) is 3.74. The molecule has 0 amide bonds. The highest BCUT2D eigenvalue weighted by molar-refractivity contribution is 7.90. The molecule has 87 valence electrons. The van der Waals surface area contributed by atoms with Gasteiger partial charge in [0, 0.05) is 12.1 Å². The van der Waals surface area contributed by atoms with Gasteiger partial charge < -0.3 is 0 Å². The summed E-state index contributed by atoms with van der Waals surface area (Å²) in [5, 5.41) is 0. The Hall–Kier alpha value is -1.16. The zero-order chi connectivity index (χ0) is 12.3. The SMILES string of the molecule is Cc1ccc(S(=O)(=O)/N=C/[C]2[CH][CH][CH][CH]2)cc1. The van der Waals surface area contributed by atoms with Gasteiger partial charge in [-0.3, -0.25) is 0 Å². The molecule has 0 N–H and O–H groups in total. The minimum Gasteiger partial charge on any atom is -0.199 e. The second-order valence-corrected chi connectivity index (χ2v) is 5.37. The molecule has 0 spiro atoms. The van der Waals surface area contributed by atoms with E-state index in [-0.39, 0.29) is 4.90 Å². The van der Waals surface area contributed by atoms with Crippen LogP contribution in [-0.4, -0.2) is 14.6 Å².